The van der Waals surface area contributed by atoms with Crippen LogP contribution in [0.1, 0.15) is 155 Å². The summed E-state index contributed by atoms with van der Waals surface area (Å²) in [5.74, 6) is -0.272. The molecule has 7 nitrogen and oxygen atoms in total. The van der Waals surface area contributed by atoms with Crippen molar-refractivity contribution in [1.82, 2.24) is 5.32 Å². The average Bonchev–Trinajstić information content (AvgIpc) is 2.87. The van der Waals surface area contributed by atoms with Crippen molar-refractivity contribution in [3.8, 4) is 0 Å². The minimum absolute atomic E-state index is 0.272. The van der Waals surface area contributed by atoms with Crippen molar-refractivity contribution in [3.05, 3.63) is 12.2 Å². The molecule has 0 aromatic rings. The van der Waals surface area contributed by atoms with E-state index in [1.54, 1.807) is 6.08 Å². The van der Waals surface area contributed by atoms with Crippen molar-refractivity contribution in [2.45, 2.75) is 167 Å². The zero-order valence-electron chi connectivity index (χ0n) is 24.5. The Morgan fingerprint density at radius 1 is 0.763 bits per heavy atom. The molecule has 0 saturated carbocycles. The van der Waals surface area contributed by atoms with Gasteiger partial charge in [0.15, 0.2) is 0 Å². The maximum atomic E-state index is 12.4. The number of rotatable bonds is 28. The molecule has 0 heterocycles. The Bertz CT molecular complexity index is 610. The largest absolute Gasteiger partial charge is 0.790 e. The molecule has 0 saturated heterocycles. The molecule has 0 spiro atoms. The Balaban J connectivity index is 4.15. The number of aliphatic hydroxyl groups is 1. The van der Waals surface area contributed by atoms with Crippen LogP contribution in [0.25, 0.3) is 0 Å². The van der Waals surface area contributed by atoms with Crippen LogP contribution in [-0.2, 0) is 13.9 Å². The van der Waals surface area contributed by atoms with Gasteiger partial charge in [0.2, 0.25) is 5.91 Å². The van der Waals surface area contributed by atoms with Crippen molar-refractivity contribution >= 4 is 13.7 Å². The third-order valence-corrected chi connectivity index (χ3v) is 7.45. The molecule has 1 amide bonds. The molecule has 0 rings (SSSR count). The molecule has 226 valence electrons. The molecule has 2 N–H and O–H groups in total. The number of nitrogens with one attached hydrogen (secondary N) is 1. The van der Waals surface area contributed by atoms with Gasteiger partial charge >= 0.3 is 0 Å². The van der Waals surface area contributed by atoms with Crippen LogP contribution in [0.15, 0.2) is 12.2 Å². The first-order valence-electron chi connectivity index (χ1n) is 15.6. The highest BCUT2D eigenvalue weighted by Gasteiger charge is 2.20. The molecule has 8 heteroatoms. The summed E-state index contributed by atoms with van der Waals surface area (Å²) in [5, 5.41) is 13.1. The zero-order chi connectivity index (χ0) is 28.3. The Labute approximate surface area is 233 Å². The fourth-order valence-corrected chi connectivity index (χ4v) is 4.91. The summed E-state index contributed by atoms with van der Waals surface area (Å²) in [4.78, 5) is 34.2. The fourth-order valence-electron chi connectivity index (χ4n) is 4.57. The zero-order valence-corrected chi connectivity index (χ0v) is 25.4. The van der Waals surface area contributed by atoms with Gasteiger partial charge in [0.25, 0.3) is 0 Å². The predicted octanol–water partition coefficient (Wildman–Crippen LogP) is 6.86. The van der Waals surface area contributed by atoms with E-state index >= 15 is 0 Å². The monoisotopic (exact) mass is 559 g/mol. The lowest BCUT2D eigenvalue weighted by atomic mass is 10.0. The molecule has 0 unspecified atom stereocenters. The number of carbonyl (C=O) groups excluding carboxylic acids is 1. The summed E-state index contributed by atoms with van der Waals surface area (Å²) in [6.07, 6.45) is 27.6. The summed E-state index contributed by atoms with van der Waals surface area (Å²) >= 11 is 0. The first kappa shape index (κ1) is 37.3. The molecule has 0 aliphatic rings. The van der Waals surface area contributed by atoms with Crippen molar-refractivity contribution in [2.24, 2.45) is 0 Å². The first-order valence-corrected chi connectivity index (χ1v) is 17.1. The molecular formula is C30H58NO6P-2. The maximum Gasteiger partial charge on any atom is 0.220 e. The summed E-state index contributed by atoms with van der Waals surface area (Å²) in [7, 11) is -5.19. The lowest BCUT2D eigenvalue weighted by Gasteiger charge is -2.32. The second-order valence-corrected chi connectivity index (χ2v) is 11.9. The van der Waals surface area contributed by atoms with Crippen molar-refractivity contribution in [3.63, 3.8) is 0 Å². The summed E-state index contributed by atoms with van der Waals surface area (Å²) < 4.78 is 15.3. The van der Waals surface area contributed by atoms with E-state index in [-0.39, 0.29) is 5.91 Å². The molecule has 0 radical (unpaired) electrons. The molecule has 0 bridgehead atoms. The number of unbranched alkanes of at least 4 members (excludes halogenated alkanes) is 19. The Hall–Kier alpha value is -0.720. The van der Waals surface area contributed by atoms with Crippen molar-refractivity contribution in [2.75, 3.05) is 6.61 Å². The standard InChI is InChI=1S/C30H60NO6P/c1-3-5-7-9-11-13-14-15-16-18-19-21-23-25-29(32)28(27-37-38(34,35)36)31-30(33)26-24-22-20-17-12-10-8-6-4-2/h23,25,28-29,32H,3-22,24,26-27H2,1-2H3,(H,31,33)(H2,34,35,36)/p-2/b25-23+/t28-,29+/m0/s1. The lowest BCUT2D eigenvalue weighted by Crippen LogP contribution is -2.46. The van der Waals surface area contributed by atoms with Gasteiger partial charge in [-0.2, -0.15) is 0 Å². The van der Waals surface area contributed by atoms with Crippen molar-refractivity contribution < 1.29 is 28.8 Å². The topological polar surface area (TPSA) is 122 Å². The lowest BCUT2D eigenvalue weighted by molar-refractivity contribution is -0.342. The number of hydrogen-bond donors (Lipinski definition) is 2. The second kappa shape index (κ2) is 26.5. The van der Waals surface area contributed by atoms with Crippen LogP contribution in [0.2, 0.25) is 0 Å². The van der Waals surface area contributed by atoms with E-state index in [2.05, 4.69) is 23.7 Å². The van der Waals surface area contributed by atoms with Gasteiger partial charge < -0.3 is 29.3 Å². The first-order chi connectivity index (χ1) is 18.3. The van der Waals surface area contributed by atoms with E-state index in [0.717, 1.165) is 38.5 Å². The van der Waals surface area contributed by atoms with E-state index in [1.165, 1.54) is 96.3 Å². The minimum Gasteiger partial charge on any atom is -0.790 e. The van der Waals surface area contributed by atoms with E-state index in [1.807, 2.05) is 6.08 Å². The van der Waals surface area contributed by atoms with Gasteiger partial charge in [-0.15, -0.1) is 0 Å². The van der Waals surface area contributed by atoms with Crippen LogP contribution in [-0.4, -0.2) is 29.8 Å². The van der Waals surface area contributed by atoms with E-state index in [4.69, 9.17) is 0 Å². The van der Waals surface area contributed by atoms with Crippen LogP contribution in [0.3, 0.4) is 0 Å². The van der Waals surface area contributed by atoms with Crippen LogP contribution in [0.5, 0.6) is 0 Å². The van der Waals surface area contributed by atoms with Crippen LogP contribution in [0, 0.1) is 0 Å². The van der Waals surface area contributed by atoms with Crippen LogP contribution in [0.4, 0.5) is 0 Å². The van der Waals surface area contributed by atoms with Gasteiger partial charge in [-0.05, 0) is 19.3 Å². The SMILES string of the molecule is CCCCCCCCCCCCC/C=C/[C@@H](O)[C@H](COP(=O)([O-])[O-])NC(=O)CCCCCCCCCCC. The fraction of sp³-hybridized carbons (Fsp3) is 0.900. The van der Waals surface area contributed by atoms with Gasteiger partial charge in [0.05, 0.1) is 26.6 Å². The normalized spacial score (nSPS) is 13.7. The number of allylic oxidation sites excluding steroid dienone is 1. The molecule has 0 fully saturated rings. The quantitative estimate of drug-likeness (QED) is 0.0614. The number of carbonyl (C=O) groups is 1. The van der Waals surface area contributed by atoms with Gasteiger partial charge in [-0.25, -0.2) is 0 Å². The molecule has 0 aromatic heterocycles. The number of hydrogen-bond acceptors (Lipinski definition) is 6. The van der Waals surface area contributed by atoms with Crippen LogP contribution >= 0.6 is 7.82 Å². The predicted molar refractivity (Wildman–Crippen MR) is 154 cm³/mol. The third kappa shape index (κ3) is 26.9. The average molecular weight is 560 g/mol. The summed E-state index contributed by atoms with van der Waals surface area (Å²) in [5.41, 5.74) is 0. The molecule has 2 atom stereocenters. The highest BCUT2D eigenvalue weighted by Crippen LogP contribution is 2.25. The highest BCUT2D eigenvalue weighted by molar-refractivity contribution is 7.43. The minimum atomic E-state index is -5.19. The second-order valence-electron chi connectivity index (χ2n) is 10.7. The number of aliphatic hydroxyl groups excluding tert-OH is 1. The van der Waals surface area contributed by atoms with E-state index < -0.39 is 26.6 Å². The summed E-state index contributed by atoms with van der Waals surface area (Å²) in [6, 6.07) is -0.981. The highest BCUT2D eigenvalue weighted by atomic mass is 31.2. The van der Waals surface area contributed by atoms with E-state index in [9.17, 15) is 24.3 Å². The Kier molecular flexibility index (Phi) is 26.0. The van der Waals surface area contributed by atoms with Gasteiger partial charge in [-0.3, -0.25) is 4.79 Å². The molecule has 0 aliphatic heterocycles. The third-order valence-electron chi connectivity index (χ3n) is 6.99. The van der Waals surface area contributed by atoms with Crippen molar-refractivity contribution in [1.29, 1.82) is 0 Å². The Morgan fingerprint density at radius 3 is 1.63 bits per heavy atom. The van der Waals surface area contributed by atoms with Crippen LogP contribution < -0.4 is 15.1 Å². The Morgan fingerprint density at radius 2 is 1.18 bits per heavy atom. The maximum absolute atomic E-state index is 12.4. The number of phosphoric ester groups is 1. The van der Waals surface area contributed by atoms with Gasteiger partial charge in [0.1, 0.15) is 0 Å². The molecular weight excluding hydrogens is 501 g/mol. The summed E-state index contributed by atoms with van der Waals surface area (Å²) in [6.45, 7) is 3.87. The smallest absolute Gasteiger partial charge is 0.220 e. The van der Waals surface area contributed by atoms with Gasteiger partial charge in [-0.1, -0.05) is 142 Å². The molecule has 0 aliphatic carbocycles. The number of phosphoric acid groups is 1. The molecule has 38 heavy (non-hydrogen) atoms. The molecule has 0 aromatic carbocycles. The van der Waals surface area contributed by atoms with E-state index in [0.29, 0.717) is 6.42 Å². The number of amides is 1. The van der Waals surface area contributed by atoms with Gasteiger partial charge in [0, 0.05) is 6.42 Å².